The zero-order valence-corrected chi connectivity index (χ0v) is 16.8. The summed E-state index contributed by atoms with van der Waals surface area (Å²) >= 11 is 0. The standard InChI is InChI=1S/C24H30N2O2/c1-3-4-5-8-15-25-24(27)16-21(18-11-13-19(28-2)14-12-18)22-17-26-23-10-7-6-9-20(22)23/h6-7,9-14,17,21,26H,3-5,8,15-16H2,1-2H3,(H,25,27)/t21-/m0/s1. The molecular formula is C24H30N2O2. The molecule has 0 spiro atoms. The lowest BCUT2D eigenvalue weighted by Crippen LogP contribution is -2.26. The Morgan fingerprint density at radius 3 is 2.61 bits per heavy atom. The number of hydrogen-bond donors (Lipinski definition) is 2. The van der Waals surface area contributed by atoms with E-state index in [-0.39, 0.29) is 11.8 Å². The van der Waals surface area contributed by atoms with Gasteiger partial charge in [-0.3, -0.25) is 4.79 Å². The predicted octanol–water partition coefficient (Wildman–Crippen LogP) is 5.40. The Kier molecular flexibility index (Phi) is 7.12. The lowest BCUT2D eigenvalue weighted by atomic mass is 9.88. The number of benzene rings is 2. The van der Waals surface area contributed by atoms with Crippen molar-refractivity contribution in [3.05, 3.63) is 65.9 Å². The lowest BCUT2D eigenvalue weighted by molar-refractivity contribution is -0.121. The molecule has 0 aliphatic carbocycles. The molecule has 0 saturated carbocycles. The summed E-state index contributed by atoms with van der Waals surface area (Å²) in [4.78, 5) is 16.0. The van der Waals surface area contributed by atoms with Gasteiger partial charge in [-0.1, -0.05) is 56.5 Å². The summed E-state index contributed by atoms with van der Waals surface area (Å²) < 4.78 is 5.29. The molecule has 4 heteroatoms. The number of hydrogen-bond acceptors (Lipinski definition) is 2. The molecule has 3 aromatic rings. The molecule has 0 bridgehead atoms. The molecule has 1 amide bonds. The van der Waals surface area contributed by atoms with Crippen molar-refractivity contribution < 1.29 is 9.53 Å². The van der Waals surface area contributed by atoms with E-state index in [9.17, 15) is 4.79 Å². The van der Waals surface area contributed by atoms with Crippen molar-refractivity contribution in [2.24, 2.45) is 0 Å². The maximum Gasteiger partial charge on any atom is 0.220 e. The summed E-state index contributed by atoms with van der Waals surface area (Å²) in [6.07, 6.45) is 7.10. The van der Waals surface area contributed by atoms with Crippen LogP contribution in [-0.4, -0.2) is 24.5 Å². The van der Waals surface area contributed by atoms with Gasteiger partial charge >= 0.3 is 0 Å². The Morgan fingerprint density at radius 2 is 1.86 bits per heavy atom. The van der Waals surface area contributed by atoms with Gasteiger partial charge in [-0.05, 0) is 35.7 Å². The molecule has 2 N–H and O–H groups in total. The number of amides is 1. The van der Waals surface area contributed by atoms with Gasteiger partial charge in [0.2, 0.25) is 5.91 Å². The topological polar surface area (TPSA) is 54.1 Å². The number of fused-ring (bicyclic) bond motifs is 1. The summed E-state index contributed by atoms with van der Waals surface area (Å²) in [5, 5.41) is 4.27. The Hall–Kier alpha value is -2.75. The van der Waals surface area contributed by atoms with Gasteiger partial charge in [0, 0.05) is 36.0 Å². The molecule has 3 rings (SSSR count). The number of H-pyrrole nitrogens is 1. The second-order valence-corrected chi connectivity index (χ2v) is 7.23. The number of para-hydroxylation sites is 1. The summed E-state index contributed by atoms with van der Waals surface area (Å²) in [5.74, 6) is 0.919. The number of nitrogens with one attached hydrogen (secondary N) is 2. The molecular weight excluding hydrogens is 348 g/mol. The molecule has 0 aliphatic heterocycles. The maximum absolute atomic E-state index is 12.7. The molecule has 148 valence electrons. The molecule has 0 radical (unpaired) electrons. The first-order valence-corrected chi connectivity index (χ1v) is 10.2. The molecule has 2 aromatic carbocycles. The van der Waals surface area contributed by atoms with Gasteiger partial charge in [0.15, 0.2) is 0 Å². The smallest absolute Gasteiger partial charge is 0.220 e. The van der Waals surface area contributed by atoms with Crippen molar-refractivity contribution in [2.75, 3.05) is 13.7 Å². The first-order valence-electron chi connectivity index (χ1n) is 10.2. The summed E-state index contributed by atoms with van der Waals surface area (Å²) in [7, 11) is 1.66. The van der Waals surface area contributed by atoms with E-state index in [0.717, 1.165) is 35.4 Å². The quantitative estimate of drug-likeness (QED) is 0.464. The zero-order chi connectivity index (χ0) is 19.8. The van der Waals surface area contributed by atoms with Gasteiger partial charge in [-0.15, -0.1) is 0 Å². The summed E-state index contributed by atoms with van der Waals surface area (Å²) in [6, 6.07) is 16.3. The first-order chi connectivity index (χ1) is 13.7. The van der Waals surface area contributed by atoms with Crippen LogP contribution in [0.1, 0.15) is 56.1 Å². The van der Waals surface area contributed by atoms with Crippen LogP contribution in [0, 0.1) is 0 Å². The van der Waals surface area contributed by atoms with Crippen molar-refractivity contribution in [3.8, 4) is 5.75 Å². The van der Waals surface area contributed by atoms with E-state index in [0.29, 0.717) is 6.42 Å². The predicted molar refractivity (Wildman–Crippen MR) is 115 cm³/mol. The largest absolute Gasteiger partial charge is 0.497 e. The van der Waals surface area contributed by atoms with Crippen molar-refractivity contribution >= 4 is 16.8 Å². The number of rotatable bonds is 10. The highest BCUT2D eigenvalue weighted by Gasteiger charge is 2.21. The SMILES string of the molecule is CCCCCCNC(=O)C[C@@H](c1ccc(OC)cc1)c1c[nH]c2ccccc12. The number of aromatic nitrogens is 1. The van der Waals surface area contributed by atoms with Gasteiger partial charge in [-0.25, -0.2) is 0 Å². The Labute approximate surface area is 167 Å². The van der Waals surface area contributed by atoms with Crippen molar-refractivity contribution in [2.45, 2.75) is 44.9 Å². The molecule has 0 fully saturated rings. The third kappa shape index (κ3) is 4.94. The third-order valence-corrected chi connectivity index (χ3v) is 5.26. The van der Waals surface area contributed by atoms with Crippen LogP contribution in [0.2, 0.25) is 0 Å². The van der Waals surface area contributed by atoms with Crippen molar-refractivity contribution in [1.29, 1.82) is 0 Å². The third-order valence-electron chi connectivity index (χ3n) is 5.26. The van der Waals surface area contributed by atoms with E-state index in [1.54, 1.807) is 7.11 Å². The van der Waals surface area contributed by atoms with Crippen LogP contribution in [0.5, 0.6) is 5.75 Å². The molecule has 1 atom stereocenters. The van der Waals surface area contributed by atoms with E-state index in [2.05, 4.69) is 41.5 Å². The summed E-state index contributed by atoms with van der Waals surface area (Å²) in [5.41, 5.74) is 3.37. The molecule has 1 heterocycles. The van der Waals surface area contributed by atoms with Gasteiger partial charge < -0.3 is 15.0 Å². The van der Waals surface area contributed by atoms with Crippen LogP contribution >= 0.6 is 0 Å². The van der Waals surface area contributed by atoms with Crippen molar-refractivity contribution in [3.63, 3.8) is 0 Å². The Bertz CT molecular complexity index is 883. The molecule has 28 heavy (non-hydrogen) atoms. The minimum atomic E-state index is -0.00213. The van der Waals surface area contributed by atoms with Gasteiger partial charge in [-0.2, -0.15) is 0 Å². The Balaban J connectivity index is 1.79. The normalized spacial score (nSPS) is 12.1. The fraction of sp³-hybridized carbons (Fsp3) is 0.375. The number of ether oxygens (including phenoxy) is 1. The van der Waals surface area contributed by atoms with Crippen LogP contribution in [0.3, 0.4) is 0 Å². The highest BCUT2D eigenvalue weighted by Crippen LogP contribution is 2.34. The molecule has 1 aromatic heterocycles. The van der Waals surface area contributed by atoms with Gasteiger partial charge in [0.25, 0.3) is 0 Å². The average Bonchev–Trinajstić information content (AvgIpc) is 3.16. The monoisotopic (exact) mass is 378 g/mol. The van der Waals surface area contributed by atoms with Crippen LogP contribution < -0.4 is 10.1 Å². The number of aromatic amines is 1. The van der Waals surface area contributed by atoms with E-state index in [4.69, 9.17) is 4.74 Å². The molecule has 0 aliphatic rings. The molecule has 0 saturated heterocycles. The number of carbonyl (C=O) groups is 1. The second-order valence-electron chi connectivity index (χ2n) is 7.23. The van der Waals surface area contributed by atoms with Crippen LogP contribution in [0.4, 0.5) is 0 Å². The molecule has 0 unspecified atom stereocenters. The minimum absolute atomic E-state index is 0.00213. The van der Waals surface area contributed by atoms with E-state index >= 15 is 0 Å². The van der Waals surface area contributed by atoms with E-state index in [1.807, 2.05) is 30.5 Å². The fourth-order valence-electron chi connectivity index (χ4n) is 3.66. The lowest BCUT2D eigenvalue weighted by Gasteiger charge is -2.18. The fourth-order valence-corrected chi connectivity index (χ4v) is 3.66. The number of carbonyl (C=O) groups excluding carboxylic acids is 1. The van der Waals surface area contributed by atoms with Crippen LogP contribution in [-0.2, 0) is 4.79 Å². The Morgan fingerprint density at radius 1 is 1.07 bits per heavy atom. The highest BCUT2D eigenvalue weighted by molar-refractivity contribution is 5.86. The second kappa shape index (κ2) is 9.98. The highest BCUT2D eigenvalue weighted by atomic mass is 16.5. The molecule has 4 nitrogen and oxygen atoms in total. The first kappa shape index (κ1) is 20.0. The maximum atomic E-state index is 12.7. The average molecular weight is 379 g/mol. The van der Waals surface area contributed by atoms with Crippen LogP contribution in [0.15, 0.2) is 54.7 Å². The summed E-state index contributed by atoms with van der Waals surface area (Å²) in [6.45, 7) is 2.95. The van der Waals surface area contributed by atoms with E-state index < -0.39 is 0 Å². The number of unbranched alkanes of at least 4 members (excludes halogenated alkanes) is 3. The zero-order valence-electron chi connectivity index (χ0n) is 16.8. The number of methoxy groups -OCH3 is 1. The van der Waals surface area contributed by atoms with Crippen molar-refractivity contribution in [1.82, 2.24) is 10.3 Å². The van der Waals surface area contributed by atoms with E-state index in [1.165, 1.54) is 24.6 Å². The van der Waals surface area contributed by atoms with Gasteiger partial charge in [0.05, 0.1) is 7.11 Å². The minimum Gasteiger partial charge on any atom is -0.497 e. The van der Waals surface area contributed by atoms with Crippen LogP contribution in [0.25, 0.3) is 10.9 Å². The van der Waals surface area contributed by atoms with Gasteiger partial charge in [0.1, 0.15) is 5.75 Å².